The molecule has 3 aromatic rings. The Morgan fingerprint density at radius 2 is 1.37 bits per heavy atom. The van der Waals surface area contributed by atoms with E-state index in [0.29, 0.717) is 46.6 Å². The summed E-state index contributed by atoms with van der Waals surface area (Å²) in [5, 5.41) is 10.5. The normalized spacial score (nSPS) is 15.2. The molecule has 0 saturated carbocycles. The zero-order chi connectivity index (χ0) is 52.1. The molecule has 3 aromatic carbocycles. The highest BCUT2D eigenvalue weighted by Gasteiger charge is 2.44. The van der Waals surface area contributed by atoms with Crippen molar-refractivity contribution in [1.82, 2.24) is 30.9 Å². The van der Waals surface area contributed by atoms with Gasteiger partial charge in [0.15, 0.2) is 0 Å². The number of nitrogens with one attached hydrogen (secondary N) is 3. The molecular formula is C52H72N8O10S. The van der Waals surface area contributed by atoms with Crippen LogP contribution < -0.4 is 27.4 Å². The first-order valence-electron chi connectivity index (χ1n) is 24.2. The highest BCUT2D eigenvalue weighted by Crippen LogP contribution is 2.23. The third-order valence-electron chi connectivity index (χ3n) is 11.5. The van der Waals surface area contributed by atoms with Gasteiger partial charge < -0.3 is 36.9 Å². The Morgan fingerprint density at radius 1 is 0.775 bits per heavy atom. The van der Waals surface area contributed by atoms with Gasteiger partial charge in [-0.3, -0.25) is 28.8 Å². The maximum absolute atomic E-state index is 15.1. The number of carbonyl (C=O) groups is 8. The Labute approximate surface area is 421 Å². The maximum atomic E-state index is 15.1. The highest BCUT2D eigenvalue weighted by molar-refractivity contribution is 7.98. The van der Waals surface area contributed by atoms with Gasteiger partial charge in [0.05, 0.1) is 0 Å². The summed E-state index contributed by atoms with van der Waals surface area (Å²) < 4.78 is 11.3. The number of carbonyl (C=O) groups excluding carboxylic acids is 8. The van der Waals surface area contributed by atoms with Crippen molar-refractivity contribution in [3.63, 3.8) is 0 Å². The molecule has 0 radical (unpaired) electrons. The number of alkyl carbamates (subject to hydrolysis) is 1. The van der Waals surface area contributed by atoms with Crippen molar-refractivity contribution in [1.29, 1.82) is 0 Å². The van der Waals surface area contributed by atoms with Crippen LogP contribution in [0.15, 0.2) is 91.0 Å². The molecule has 7 N–H and O–H groups in total. The van der Waals surface area contributed by atoms with Gasteiger partial charge in [-0.1, -0.05) is 105 Å². The van der Waals surface area contributed by atoms with Gasteiger partial charge in [-0.15, -0.1) is 0 Å². The predicted octanol–water partition coefficient (Wildman–Crippen LogP) is 5.02. The molecule has 71 heavy (non-hydrogen) atoms. The number of amides is 8. The van der Waals surface area contributed by atoms with Crippen LogP contribution in [0, 0.1) is 5.92 Å². The summed E-state index contributed by atoms with van der Waals surface area (Å²) in [4.78, 5) is 114. The van der Waals surface area contributed by atoms with E-state index < -0.39 is 83.4 Å². The molecule has 0 spiro atoms. The first-order chi connectivity index (χ1) is 33.8. The zero-order valence-electron chi connectivity index (χ0n) is 41.8. The number of imide groups is 1. The number of nitrogens with zero attached hydrogens (tertiary/aromatic N) is 3. The molecule has 1 saturated heterocycles. The number of benzene rings is 3. The third kappa shape index (κ3) is 18.3. The van der Waals surface area contributed by atoms with Crippen molar-refractivity contribution in [2.45, 2.75) is 135 Å². The van der Waals surface area contributed by atoms with E-state index >= 15 is 9.59 Å². The van der Waals surface area contributed by atoms with Gasteiger partial charge in [-0.05, 0) is 100 Å². The predicted molar refractivity (Wildman–Crippen MR) is 271 cm³/mol. The fourth-order valence-corrected chi connectivity index (χ4v) is 8.36. The van der Waals surface area contributed by atoms with Gasteiger partial charge >= 0.3 is 12.2 Å². The molecular weight excluding hydrogens is 929 g/mol. The van der Waals surface area contributed by atoms with Crippen LogP contribution in [-0.4, -0.2) is 123 Å². The van der Waals surface area contributed by atoms with Crippen LogP contribution in [0.3, 0.4) is 0 Å². The van der Waals surface area contributed by atoms with Crippen LogP contribution in [0.4, 0.5) is 9.59 Å². The zero-order valence-corrected chi connectivity index (χ0v) is 42.6. The van der Waals surface area contributed by atoms with E-state index in [4.69, 9.17) is 20.9 Å². The Hall–Kier alpha value is -6.47. The second-order valence-corrected chi connectivity index (χ2v) is 19.9. The molecule has 1 aliphatic rings. The van der Waals surface area contributed by atoms with Crippen LogP contribution in [0.2, 0.25) is 0 Å². The number of thioether (sulfide) groups is 1. The monoisotopic (exact) mass is 1000 g/mol. The quantitative estimate of drug-likeness (QED) is 0.0666. The van der Waals surface area contributed by atoms with Crippen molar-refractivity contribution in [3.8, 4) is 0 Å². The molecule has 0 bridgehead atoms. The van der Waals surface area contributed by atoms with E-state index in [0.717, 1.165) is 5.01 Å². The van der Waals surface area contributed by atoms with Crippen LogP contribution in [-0.2, 0) is 57.7 Å². The summed E-state index contributed by atoms with van der Waals surface area (Å²) >= 11 is 1.46. The Balaban J connectivity index is 1.76. The number of hydrazine groups is 1. The summed E-state index contributed by atoms with van der Waals surface area (Å²) in [7, 11) is 0. The molecule has 1 heterocycles. The minimum atomic E-state index is -1.67. The molecule has 5 atom stereocenters. The lowest BCUT2D eigenvalue weighted by Crippen LogP contribution is -2.61. The smallest absolute Gasteiger partial charge is 0.417 e. The Morgan fingerprint density at radius 3 is 1.92 bits per heavy atom. The molecule has 0 aromatic heterocycles. The van der Waals surface area contributed by atoms with Gasteiger partial charge in [0.1, 0.15) is 42.4 Å². The van der Waals surface area contributed by atoms with Crippen LogP contribution in [0.5, 0.6) is 0 Å². The summed E-state index contributed by atoms with van der Waals surface area (Å²) in [6.07, 6.45) is 1.05. The first kappa shape index (κ1) is 57.1. The van der Waals surface area contributed by atoms with Gasteiger partial charge in [-0.25, -0.2) is 24.5 Å². The van der Waals surface area contributed by atoms with Crippen molar-refractivity contribution in [3.05, 3.63) is 108 Å². The van der Waals surface area contributed by atoms with E-state index in [1.54, 1.807) is 112 Å². The molecule has 8 amide bonds. The Kier molecular flexibility index (Phi) is 22.8. The molecule has 1 unspecified atom stereocenters. The number of primary amides is 1. The molecule has 4 rings (SSSR count). The summed E-state index contributed by atoms with van der Waals surface area (Å²) in [6, 6.07) is 19.4. The third-order valence-corrected chi connectivity index (χ3v) is 12.2. The summed E-state index contributed by atoms with van der Waals surface area (Å²) in [5.74, 6) is -3.89. The highest BCUT2D eigenvalue weighted by atomic mass is 32.2. The van der Waals surface area contributed by atoms with Crippen LogP contribution in [0.1, 0.15) is 96.3 Å². The van der Waals surface area contributed by atoms with Crippen LogP contribution >= 0.6 is 11.8 Å². The average molecular weight is 1000 g/mol. The lowest BCUT2D eigenvalue weighted by atomic mass is 10.00. The van der Waals surface area contributed by atoms with Gasteiger partial charge in [0.25, 0.3) is 11.8 Å². The standard InChI is InChI=1S/C52H72N8O10S/c1-35(2)25-26-44(61)60(42(45(54)62)28-31-71-6)58-30-27-40(48(58)65)55-46(63)41(32-36-18-10-7-11-19-36)56-47(64)43(33-37-20-12-8-13-21-37)59(51(68)69-34-38-22-14-9-15-23-38)49(66)39(24-16-17-29-53)57-50(67)70-52(3,4)5/h7-15,18-23,35,39-43H,16-17,24-34,53H2,1-6H3,(H2,54,62)(H,55,63)(H,56,64)(H,57,67)/t39-,40-,41-,42?,43-/m0/s1. The number of ether oxygens (including phenoxy) is 2. The summed E-state index contributed by atoms with van der Waals surface area (Å²) in [5.41, 5.74) is 12.5. The largest absolute Gasteiger partial charge is 0.444 e. The average Bonchev–Trinajstić information content (AvgIpc) is 3.68. The molecule has 18 nitrogen and oxygen atoms in total. The van der Waals surface area contributed by atoms with Crippen LogP contribution in [0.25, 0.3) is 0 Å². The van der Waals surface area contributed by atoms with Gasteiger partial charge in [0, 0.05) is 25.8 Å². The van der Waals surface area contributed by atoms with E-state index in [2.05, 4.69) is 16.0 Å². The first-order valence-corrected chi connectivity index (χ1v) is 25.6. The topological polar surface area (TPSA) is 253 Å². The molecule has 19 heteroatoms. The van der Waals surface area contributed by atoms with Gasteiger partial charge in [0.2, 0.25) is 23.6 Å². The molecule has 1 aliphatic heterocycles. The molecule has 0 aliphatic carbocycles. The minimum Gasteiger partial charge on any atom is -0.444 e. The van der Waals surface area contributed by atoms with Crippen molar-refractivity contribution >= 4 is 59.4 Å². The SMILES string of the molecule is CSCCC(C(N)=O)N(C(=O)CCC(C)C)N1CC[C@H](NC(=O)[C@H](Cc2ccccc2)NC(=O)[C@H](Cc2ccccc2)N(C(=O)OCc2ccccc2)C(=O)[C@H](CCCCN)NC(=O)OC(C)(C)C)C1=O. The number of rotatable bonds is 26. The second-order valence-electron chi connectivity index (χ2n) is 18.9. The fraction of sp³-hybridized carbons (Fsp3) is 0.500. The summed E-state index contributed by atoms with van der Waals surface area (Å²) in [6.45, 7) is 8.88. The fourth-order valence-electron chi connectivity index (χ4n) is 7.90. The van der Waals surface area contributed by atoms with E-state index in [1.165, 1.54) is 16.8 Å². The van der Waals surface area contributed by atoms with Crippen molar-refractivity contribution < 1.29 is 47.8 Å². The maximum Gasteiger partial charge on any atom is 0.417 e. The minimum absolute atomic E-state index is 0.0128. The number of nitrogens with two attached hydrogens (primary N) is 2. The lowest BCUT2D eigenvalue weighted by molar-refractivity contribution is -0.168. The number of hydrogen-bond donors (Lipinski definition) is 5. The van der Waals surface area contributed by atoms with E-state index in [1.807, 2.05) is 20.1 Å². The lowest BCUT2D eigenvalue weighted by Gasteiger charge is -2.37. The van der Waals surface area contributed by atoms with Crippen molar-refractivity contribution in [2.24, 2.45) is 17.4 Å². The van der Waals surface area contributed by atoms with Gasteiger partial charge in [-0.2, -0.15) is 11.8 Å². The number of unbranched alkanes of at least 4 members (excludes halogenated alkanes) is 1. The van der Waals surface area contributed by atoms with E-state index in [9.17, 15) is 28.8 Å². The molecule has 1 fully saturated rings. The second kappa shape index (κ2) is 28.4. The Bertz CT molecular complexity index is 2230. The molecule has 386 valence electrons. The van der Waals surface area contributed by atoms with Crippen molar-refractivity contribution in [2.75, 3.05) is 25.1 Å². The van der Waals surface area contributed by atoms with E-state index in [-0.39, 0.29) is 64.1 Å². The number of hydrogen-bond acceptors (Lipinski definition) is 12.